The van der Waals surface area contributed by atoms with E-state index in [9.17, 15) is 4.79 Å². The van der Waals surface area contributed by atoms with Gasteiger partial charge in [-0.15, -0.1) is 0 Å². The molecule has 1 aromatic rings. The number of carbonyl (C=O) groups is 1. The molecule has 0 aromatic carbocycles. The Morgan fingerprint density at radius 1 is 1.38 bits per heavy atom. The lowest BCUT2D eigenvalue weighted by Crippen LogP contribution is -2.06. The van der Waals surface area contributed by atoms with E-state index in [0.29, 0.717) is 12.3 Å². The summed E-state index contributed by atoms with van der Waals surface area (Å²) in [6.07, 6.45) is 1.65. The number of nitrogens with zero attached hydrogens (tertiary/aromatic N) is 2. The molecule has 0 unspecified atom stereocenters. The lowest BCUT2D eigenvalue weighted by Gasteiger charge is -2.07. The molecule has 0 spiro atoms. The van der Waals surface area contributed by atoms with Gasteiger partial charge < -0.3 is 0 Å². The van der Waals surface area contributed by atoms with E-state index in [-0.39, 0.29) is 5.78 Å². The van der Waals surface area contributed by atoms with E-state index in [1.807, 2.05) is 25.5 Å². The maximum Gasteiger partial charge on any atom is 0.166 e. The molecule has 0 bridgehead atoms. The van der Waals surface area contributed by atoms with Crippen LogP contribution in [0.5, 0.6) is 0 Å². The zero-order chi connectivity index (χ0) is 12.3. The van der Waals surface area contributed by atoms with Crippen LogP contribution in [0.25, 0.3) is 0 Å². The molecule has 16 heavy (non-hydrogen) atoms. The molecule has 0 aliphatic rings. The molecule has 0 saturated carbocycles. The van der Waals surface area contributed by atoms with Crippen molar-refractivity contribution in [3.05, 3.63) is 17.0 Å². The van der Waals surface area contributed by atoms with Gasteiger partial charge in [-0.3, -0.25) is 9.48 Å². The predicted molar refractivity (Wildman–Crippen MR) is 65.8 cm³/mol. The van der Waals surface area contributed by atoms with Gasteiger partial charge in [0.15, 0.2) is 5.78 Å². The summed E-state index contributed by atoms with van der Waals surface area (Å²) in [5, 5.41) is 4.45. The van der Waals surface area contributed by atoms with E-state index in [1.54, 1.807) is 0 Å². The number of Topliss-reactive ketones (excluding diaryl/α,β-unsaturated/α-hetero) is 1. The fourth-order valence-electron chi connectivity index (χ4n) is 1.88. The van der Waals surface area contributed by atoms with Crippen LogP contribution in [0, 0.1) is 19.8 Å². The lowest BCUT2D eigenvalue weighted by atomic mass is 10.1. The smallest absolute Gasteiger partial charge is 0.166 e. The Kier molecular flexibility index (Phi) is 4.27. The Labute approximate surface area is 97.8 Å². The highest BCUT2D eigenvalue weighted by Gasteiger charge is 2.16. The molecule has 90 valence electrons. The quantitative estimate of drug-likeness (QED) is 0.717. The van der Waals surface area contributed by atoms with Crippen molar-refractivity contribution in [2.45, 2.75) is 54.0 Å². The van der Waals surface area contributed by atoms with Crippen LogP contribution in [0.15, 0.2) is 0 Å². The van der Waals surface area contributed by atoms with Crippen LogP contribution >= 0.6 is 0 Å². The lowest BCUT2D eigenvalue weighted by molar-refractivity contribution is 0.0987. The summed E-state index contributed by atoms with van der Waals surface area (Å²) in [5.74, 6) is 0.861. The maximum absolute atomic E-state index is 11.8. The number of carbonyl (C=O) groups excluding carboxylic acids is 1. The first-order chi connectivity index (χ1) is 7.47. The summed E-state index contributed by atoms with van der Waals surface area (Å²) in [5.41, 5.74) is 2.71. The number of hydrogen-bond donors (Lipinski definition) is 0. The van der Waals surface area contributed by atoms with Crippen LogP contribution in [0.2, 0.25) is 0 Å². The zero-order valence-electron chi connectivity index (χ0n) is 11.0. The highest BCUT2D eigenvalue weighted by atomic mass is 16.1. The van der Waals surface area contributed by atoms with Crippen LogP contribution in [-0.4, -0.2) is 15.6 Å². The number of aryl methyl sites for hydroxylation is 2. The minimum atomic E-state index is 0.200. The average Bonchev–Trinajstić information content (AvgIpc) is 2.50. The van der Waals surface area contributed by atoms with E-state index in [4.69, 9.17) is 0 Å². The Balaban J connectivity index is 2.93. The highest BCUT2D eigenvalue weighted by molar-refractivity contribution is 5.97. The summed E-state index contributed by atoms with van der Waals surface area (Å²) in [7, 11) is 0. The van der Waals surface area contributed by atoms with Crippen molar-refractivity contribution in [3.63, 3.8) is 0 Å². The molecule has 1 heterocycles. The number of ketones is 1. The van der Waals surface area contributed by atoms with Crippen molar-refractivity contribution in [2.75, 3.05) is 0 Å². The predicted octanol–water partition coefficient (Wildman–Crippen LogP) is 3.14. The Bertz CT molecular complexity index is 378. The molecule has 0 radical (unpaired) electrons. The fourth-order valence-corrected chi connectivity index (χ4v) is 1.88. The Hall–Kier alpha value is -1.12. The average molecular weight is 222 g/mol. The minimum absolute atomic E-state index is 0.200. The summed E-state index contributed by atoms with van der Waals surface area (Å²) in [6, 6.07) is 0. The zero-order valence-corrected chi connectivity index (χ0v) is 11.0. The van der Waals surface area contributed by atoms with E-state index >= 15 is 0 Å². The van der Waals surface area contributed by atoms with Crippen molar-refractivity contribution in [1.29, 1.82) is 0 Å². The van der Waals surface area contributed by atoms with Gasteiger partial charge in [-0.2, -0.15) is 5.10 Å². The summed E-state index contributed by atoms with van der Waals surface area (Å²) in [6.45, 7) is 11.1. The van der Waals surface area contributed by atoms with E-state index in [0.717, 1.165) is 29.9 Å². The Morgan fingerprint density at radius 2 is 2.00 bits per heavy atom. The third kappa shape index (κ3) is 2.71. The van der Waals surface area contributed by atoms with Gasteiger partial charge in [0, 0.05) is 18.7 Å². The van der Waals surface area contributed by atoms with Gasteiger partial charge in [-0.1, -0.05) is 20.8 Å². The third-order valence-electron chi connectivity index (χ3n) is 2.90. The normalized spacial score (nSPS) is 11.1. The van der Waals surface area contributed by atoms with Gasteiger partial charge in [0.25, 0.3) is 0 Å². The van der Waals surface area contributed by atoms with E-state index in [2.05, 4.69) is 18.9 Å². The minimum Gasteiger partial charge on any atom is -0.294 e. The molecule has 0 atom stereocenters. The molecule has 0 aliphatic heterocycles. The monoisotopic (exact) mass is 222 g/mol. The standard InChI is InChI=1S/C13H22N2O/c1-6-12(16)13-10(4)14-15(11(13)5)8-7-9(2)3/h9H,6-8H2,1-5H3. The SMILES string of the molecule is CCC(=O)c1c(C)nn(CCC(C)C)c1C. The van der Waals surface area contributed by atoms with Gasteiger partial charge in [0.1, 0.15) is 0 Å². The van der Waals surface area contributed by atoms with Crippen molar-refractivity contribution in [3.8, 4) is 0 Å². The van der Waals surface area contributed by atoms with Gasteiger partial charge in [0.2, 0.25) is 0 Å². The molecule has 0 N–H and O–H groups in total. The molecule has 3 heteroatoms. The second-order valence-electron chi connectivity index (χ2n) is 4.73. The van der Waals surface area contributed by atoms with Crippen molar-refractivity contribution >= 4 is 5.78 Å². The van der Waals surface area contributed by atoms with Crippen molar-refractivity contribution in [1.82, 2.24) is 9.78 Å². The van der Waals surface area contributed by atoms with E-state index in [1.165, 1.54) is 0 Å². The summed E-state index contributed by atoms with van der Waals surface area (Å²) in [4.78, 5) is 11.8. The second-order valence-corrected chi connectivity index (χ2v) is 4.73. The van der Waals surface area contributed by atoms with Gasteiger partial charge >= 0.3 is 0 Å². The van der Waals surface area contributed by atoms with Gasteiger partial charge in [-0.25, -0.2) is 0 Å². The number of rotatable bonds is 5. The first-order valence-corrected chi connectivity index (χ1v) is 6.04. The fraction of sp³-hybridized carbons (Fsp3) is 0.692. The van der Waals surface area contributed by atoms with Crippen molar-refractivity contribution in [2.24, 2.45) is 5.92 Å². The highest BCUT2D eigenvalue weighted by Crippen LogP contribution is 2.16. The molecule has 0 aliphatic carbocycles. The summed E-state index contributed by atoms with van der Waals surface area (Å²) >= 11 is 0. The molecule has 3 nitrogen and oxygen atoms in total. The largest absolute Gasteiger partial charge is 0.294 e. The van der Waals surface area contributed by atoms with Gasteiger partial charge in [-0.05, 0) is 26.2 Å². The molecular formula is C13H22N2O. The van der Waals surface area contributed by atoms with Crippen LogP contribution in [0.3, 0.4) is 0 Å². The molecule has 1 rings (SSSR count). The molecule has 1 aromatic heterocycles. The van der Waals surface area contributed by atoms with Crippen LogP contribution in [0.4, 0.5) is 0 Å². The number of aromatic nitrogens is 2. The third-order valence-corrected chi connectivity index (χ3v) is 2.90. The Morgan fingerprint density at radius 3 is 2.50 bits per heavy atom. The second kappa shape index (κ2) is 5.28. The molecule has 0 saturated heterocycles. The number of hydrogen-bond acceptors (Lipinski definition) is 2. The van der Waals surface area contributed by atoms with Gasteiger partial charge in [0.05, 0.1) is 11.3 Å². The first kappa shape index (κ1) is 12.9. The maximum atomic E-state index is 11.8. The van der Waals surface area contributed by atoms with Crippen LogP contribution < -0.4 is 0 Å². The van der Waals surface area contributed by atoms with Crippen molar-refractivity contribution < 1.29 is 4.79 Å². The molecule has 0 amide bonds. The molecule has 0 fully saturated rings. The first-order valence-electron chi connectivity index (χ1n) is 6.04. The topological polar surface area (TPSA) is 34.9 Å². The van der Waals surface area contributed by atoms with E-state index < -0.39 is 0 Å². The molecular weight excluding hydrogens is 200 g/mol. The van der Waals surface area contributed by atoms with Crippen LogP contribution in [0.1, 0.15) is 55.4 Å². The summed E-state index contributed by atoms with van der Waals surface area (Å²) < 4.78 is 1.97. The van der Waals surface area contributed by atoms with Crippen LogP contribution in [-0.2, 0) is 6.54 Å².